The molecule has 2 aliphatic carbocycles. The van der Waals surface area contributed by atoms with E-state index in [0.29, 0.717) is 29.8 Å². The summed E-state index contributed by atoms with van der Waals surface area (Å²) in [5.41, 5.74) is 4.45. The van der Waals surface area contributed by atoms with Crippen molar-refractivity contribution in [2.45, 2.75) is 64.8 Å². The molecule has 0 unspecified atom stereocenters. The molecule has 6 nitrogen and oxygen atoms in total. The molecule has 0 saturated heterocycles. The molecule has 0 spiro atoms. The molecule has 6 heteroatoms. The highest BCUT2D eigenvalue weighted by Crippen LogP contribution is 2.52. The standard InChI is InChI=1S/C22H25N3O3/c1-4-27-19(26)12-25-21(16-7-8-16)22(20(24-25)15-5-6-15)28-17-9-13(2)18(11-23)14(3)10-17/h9-10,15-16H,4-8,12H2,1-3H3. The van der Waals surface area contributed by atoms with Crippen LogP contribution in [0.5, 0.6) is 11.5 Å². The smallest absolute Gasteiger partial charge is 0.327 e. The quantitative estimate of drug-likeness (QED) is 0.663. The molecule has 0 bridgehead atoms. The molecule has 0 N–H and O–H groups in total. The van der Waals surface area contributed by atoms with Crippen molar-refractivity contribution in [3.05, 3.63) is 40.2 Å². The fourth-order valence-electron chi connectivity index (χ4n) is 3.69. The molecule has 2 aliphatic rings. The van der Waals surface area contributed by atoms with Crippen LogP contribution in [0.1, 0.15) is 72.5 Å². The maximum Gasteiger partial charge on any atom is 0.327 e. The number of nitriles is 1. The van der Waals surface area contributed by atoms with Gasteiger partial charge in [-0.05, 0) is 69.7 Å². The third-order valence-corrected chi connectivity index (χ3v) is 5.32. The molecule has 28 heavy (non-hydrogen) atoms. The molecule has 1 heterocycles. The van der Waals surface area contributed by atoms with E-state index in [1.54, 1.807) is 4.68 Å². The Labute approximate surface area is 165 Å². The number of esters is 1. The maximum atomic E-state index is 12.1. The summed E-state index contributed by atoms with van der Waals surface area (Å²) in [4.78, 5) is 12.1. The van der Waals surface area contributed by atoms with Gasteiger partial charge in [0.25, 0.3) is 0 Å². The molecular formula is C22H25N3O3. The Hall–Kier alpha value is -2.81. The lowest BCUT2D eigenvalue weighted by Gasteiger charge is -2.12. The lowest BCUT2D eigenvalue weighted by molar-refractivity contribution is -0.144. The second-order valence-corrected chi connectivity index (χ2v) is 7.76. The fraction of sp³-hybridized carbons (Fsp3) is 0.500. The summed E-state index contributed by atoms with van der Waals surface area (Å²) >= 11 is 0. The average Bonchev–Trinajstić information content (AvgIpc) is 3.54. The van der Waals surface area contributed by atoms with Crippen molar-refractivity contribution in [2.75, 3.05) is 6.61 Å². The fourth-order valence-corrected chi connectivity index (χ4v) is 3.69. The third-order valence-electron chi connectivity index (χ3n) is 5.32. The minimum atomic E-state index is -0.272. The molecule has 1 aromatic heterocycles. The van der Waals surface area contributed by atoms with Crippen molar-refractivity contribution in [1.29, 1.82) is 5.26 Å². The van der Waals surface area contributed by atoms with E-state index in [4.69, 9.17) is 14.6 Å². The summed E-state index contributed by atoms with van der Waals surface area (Å²) < 4.78 is 13.3. The highest BCUT2D eigenvalue weighted by Gasteiger charge is 2.39. The van der Waals surface area contributed by atoms with Crippen LogP contribution in [-0.4, -0.2) is 22.4 Å². The first-order chi connectivity index (χ1) is 13.5. The summed E-state index contributed by atoms with van der Waals surface area (Å²) in [6, 6.07) is 6.06. The van der Waals surface area contributed by atoms with Gasteiger partial charge in [-0.3, -0.25) is 9.48 Å². The van der Waals surface area contributed by atoms with Crippen molar-refractivity contribution < 1.29 is 14.3 Å². The molecule has 0 radical (unpaired) electrons. The van der Waals surface area contributed by atoms with E-state index in [9.17, 15) is 10.1 Å². The molecule has 0 amide bonds. The normalized spacial score (nSPS) is 15.9. The Morgan fingerprint density at radius 1 is 1.21 bits per heavy atom. The van der Waals surface area contributed by atoms with Crippen LogP contribution in [-0.2, 0) is 16.1 Å². The van der Waals surface area contributed by atoms with Crippen LogP contribution in [0, 0.1) is 25.2 Å². The zero-order valence-electron chi connectivity index (χ0n) is 16.6. The van der Waals surface area contributed by atoms with Gasteiger partial charge in [-0.1, -0.05) is 0 Å². The van der Waals surface area contributed by atoms with Crippen LogP contribution in [0.3, 0.4) is 0 Å². The van der Waals surface area contributed by atoms with E-state index in [-0.39, 0.29) is 12.5 Å². The molecule has 0 aliphatic heterocycles. The molecule has 0 atom stereocenters. The van der Waals surface area contributed by atoms with Crippen LogP contribution >= 0.6 is 0 Å². The molecule has 1 aromatic carbocycles. The van der Waals surface area contributed by atoms with Gasteiger partial charge in [-0.25, -0.2) is 0 Å². The van der Waals surface area contributed by atoms with Gasteiger partial charge in [0.15, 0.2) is 5.75 Å². The third kappa shape index (κ3) is 3.62. The molecule has 2 fully saturated rings. The number of carbonyl (C=O) groups is 1. The number of aryl methyl sites for hydroxylation is 2. The SMILES string of the molecule is CCOC(=O)Cn1nc(C2CC2)c(Oc2cc(C)c(C#N)c(C)c2)c1C1CC1. The van der Waals surface area contributed by atoms with Gasteiger partial charge < -0.3 is 9.47 Å². The summed E-state index contributed by atoms with van der Waals surface area (Å²) in [6.07, 6.45) is 4.37. The van der Waals surface area contributed by atoms with Gasteiger partial charge in [0.05, 0.1) is 23.9 Å². The number of hydrogen-bond acceptors (Lipinski definition) is 5. The van der Waals surface area contributed by atoms with Crippen LogP contribution in [0.4, 0.5) is 0 Å². The Kier molecular flexibility index (Phi) is 4.84. The largest absolute Gasteiger partial charge is 0.465 e. The monoisotopic (exact) mass is 379 g/mol. The van der Waals surface area contributed by atoms with Crippen molar-refractivity contribution in [2.24, 2.45) is 0 Å². The first-order valence-corrected chi connectivity index (χ1v) is 9.97. The highest BCUT2D eigenvalue weighted by atomic mass is 16.5. The molecule has 4 rings (SSSR count). The van der Waals surface area contributed by atoms with Gasteiger partial charge in [0.2, 0.25) is 0 Å². The zero-order valence-corrected chi connectivity index (χ0v) is 16.6. The van der Waals surface area contributed by atoms with Crippen LogP contribution in [0.25, 0.3) is 0 Å². The number of nitrogens with zero attached hydrogens (tertiary/aromatic N) is 3. The first kappa shape index (κ1) is 18.5. The lowest BCUT2D eigenvalue weighted by atomic mass is 10.0. The average molecular weight is 379 g/mol. The van der Waals surface area contributed by atoms with Crippen LogP contribution in [0.15, 0.2) is 12.1 Å². The number of aromatic nitrogens is 2. The lowest BCUT2D eigenvalue weighted by Crippen LogP contribution is -2.16. The maximum absolute atomic E-state index is 12.1. The number of rotatable bonds is 7. The summed E-state index contributed by atoms with van der Waals surface area (Å²) in [6.45, 7) is 6.14. The summed E-state index contributed by atoms with van der Waals surface area (Å²) in [5, 5.41) is 14.1. The number of benzene rings is 1. The summed E-state index contributed by atoms with van der Waals surface area (Å²) in [7, 11) is 0. The Morgan fingerprint density at radius 2 is 1.86 bits per heavy atom. The molecule has 146 valence electrons. The van der Waals surface area contributed by atoms with Crippen molar-refractivity contribution >= 4 is 5.97 Å². The molecular weight excluding hydrogens is 354 g/mol. The number of carbonyl (C=O) groups excluding carboxylic acids is 1. The van der Waals surface area contributed by atoms with Crippen molar-refractivity contribution in [3.63, 3.8) is 0 Å². The molecule has 2 aromatic rings. The second-order valence-electron chi connectivity index (χ2n) is 7.76. The van der Waals surface area contributed by atoms with E-state index < -0.39 is 0 Å². The van der Waals surface area contributed by atoms with Gasteiger partial charge in [-0.15, -0.1) is 0 Å². The summed E-state index contributed by atoms with van der Waals surface area (Å²) in [5.74, 6) is 2.03. The highest BCUT2D eigenvalue weighted by molar-refractivity contribution is 5.69. The van der Waals surface area contributed by atoms with E-state index in [1.165, 1.54) is 0 Å². The minimum Gasteiger partial charge on any atom is -0.465 e. The Bertz CT molecular complexity index is 939. The second kappa shape index (κ2) is 7.31. The zero-order chi connectivity index (χ0) is 19.8. The predicted molar refractivity (Wildman–Crippen MR) is 104 cm³/mol. The van der Waals surface area contributed by atoms with Crippen LogP contribution < -0.4 is 4.74 Å². The first-order valence-electron chi connectivity index (χ1n) is 9.97. The predicted octanol–water partition coefficient (Wildman–Crippen LogP) is 4.48. The minimum absolute atomic E-state index is 0.119. The van der Waals surface area contributed by atoms with E-state index >= 15 is 0 Å². The van der Waals surface area contributed by atoms with Gasteiger partial charge >= 0.3 is 5.97 Å². The van der Waals surface area contributed by atoms with Crippen molar-refractivity contribution in [3.8, 4) is 17.6 Å². The Balaban J connectivity index is 1.72. The van der Waals surface area contributed by atoms with E-state index in [0.717, 1.165) is 53.9 Å². The van der Waals surface area contributed by atoms with Crippen LogP contribution in [0.2, 0.25) is 0 Å². The topological polar surface area (TPSA) is 77.1 Å². The van der Waals surface area contributed by atoms with Gasteiger partial charge in [0.1, 0.15) is 18.0 Å². The van der Waals surface area contributed by atoms with Gasteiger partial charge in [0, 0.05) is 11.8 Å². The molecule has 2 saturated carbocycles. The number of ether oxygens (including phenoxy) is 2. The Morgan fingerprint density at radius 3 is 2.39 bits per heavy atom. The van der Waals surface area contributed by atoms with E-state index in [1.807, 2.05) is 32.9 Å². The van der Waals surface area contributed by atoms with E-state index in [2.05, 4.69) is 6.07 Å². The van der Waals surface area contributed by atoms with Gasteiger partial charge in [-0.2, -0.15) is 10.4 Å². The number of hydrogen-bond donors (Lipinski definition) is 0. The van der Waals surface area contributed by atoms with Crippen molar-refractivity contribution in [1.82, 2.24) is 9.78 Å².